The zero-order chi connectivity index (χ0) is 36.4. The normalized spacial score (nSPS) is 12.8. The molecule has 0 atom stereocenters. The highest BCUT2D eigenvalue weighted by Crippen LogP contribution is 2.50. The Morgan fingerprint density at radius 1 is 0.537 bits per heavy atom. The Bertz CT molecular complexity index is 2860. The molecule has 0 amide bonds. The largest absolute Gasteiger partial charge is 0.309 e. The molecule has 0 fully saturated rings. The van der Waals surface area contributed by atoms with Gasteiger partial charge in [-0.15, -0.1) is 0 Å². The molecule has 54 heavy (non-hydrogen) atoms. The molecule has 5 nitrogen and oxygen atoms in total. The van der Waals surface area contributed by atoms with Gasteiger partial charge in [0.05, 0.1) is 34.1 Å². The van der Waals surface area contributed by atoms with E-state index < -0.39 is 0 Å². The Morgan fingerprint density at radius 3 is 1.96 bits per heavy atom. The Labute approximate surface area is 313 Å². The number of fused-ring (bicyclic) bond motifs is 6. The van der Waals surface area contributed by atoms with E-state index >= 15 is 0 Å². The number of nitrogens with zero attached hydrogens (tertiary/aromatic N) is 5. The van der Waals surface area contributed by atoms with Crippen LogP contribution in [0.15, 0.2) is 164 Å². The predicted molar refractivity (Wildman–Crippen MR) is 218 cm³/mol. The molecule has 1 aliphatic rings. The first-order valence-electron chi connectivity index (χ1n) is 18.2. The van der Waals surface area contributed by atoms with Crippen LogP contribution in [-0.4, -0.2) is 19.5 Å². The summed E-state index contributed by atoms with van der Waals surface area (Å²) < 4.78 is 2.34. The molecule has 1 aliphatic carbocycles. The van der Waals surface area contributed by atoms with Crippen molar-refractivity contribution in [1.82, 2.24) is 19.5 Å². The fourth-order valence-corrected chi connectivity index (χ4v) is 8.20. The lowest BCUT2D eigenvalue weighted by Crippen LogP contribution is -2.15. The Kier molecular flexibility index (Phi) is 7.14. The van der Waals surface area contributed by atoms with E-state index in [0.29, 0.717) is 11.4 Å². The molecule has 3 aromatic heterocycles. The van der Waals surface area contributed by atoms with E-state index in [1.807, 2.05) is 54.9 Å². The van der Waals surface area contributed by atoms with Crippen LogP contribution in [0.2, 0.25) is 0 Å². The summed E-state index contributed by atoms with van der Waals surface area (Å²) in [4.78, 5) is 14.8. The second-order valence-electron chi connectivity index (χ2n) is 14.5. The van der Waals surface area contributed by atoms with Crippen LogP contribution in [0.4, 0.5) is 0 Å². The number of hydrogen-bond donors (Lipinski definition) is 0. The van der Waals surface area contributed by atoms with E-state index in [1.54, 1.807) is 0 Å². The van der Waals surface area contributed by atoms with Crippen LogP contribution in [0.1, 0.15) is 30.5 Å². The van der Waals surface area contributed by atoms with Crippen molar-refractivity contribution >= 4 is 21.8 Å². The van der Waals surface area contributed by atoms with Gasteiger partial charge in [0, 0.05) is 51.0 Å². The van der Waals surface area contributed by atoms with Crippen molar-refractivity contribution in [2.24, 2.45) is 0 Å². The zero-order valence-corrected chi connectivity index (χ0v) is 29.8. The smallest absolute Gasteiger partial charge is 0.160 e. The van der Waals surface area contributed by atoms with Crippen LogP contribution in [0.3, 0.4) is 0 Å². The maximum absolute atomic E-state index is 9.70. The quantitative estimate of drug-likeness (QED) is 0.180. The third kappa shape index (κ3) is 5.03. The van der Waals surface area contributed by atoms with E-state index in [-0.39, 0.29) is 5.41 Å². The predicted octanol–water partition coefficient (Wildman–Crippen LogP) is 11.8. The number of nitriles is 1. The minimum atomic E-state index is -0.268. The van der Waals surface area contributed by atoms with Crippen molar-refractivity contribution in [2.45, 2.75) is 19.3 Å². The van der Waals surface area contributed by atoms with Gasteiger partial charge in [-0.2, -0.15) is 5.26 Å². The van der Waals surface area contributed by atoms with Gasteiger partial charge in [0.2, 0.25) is 0 Å². The molecular formula is C49H33N5. The molecule has 6 aromatic carbocycles. The van der Waals surface area contributed by atoms with E-state index in [1.165, 1.54) is 22.3 Å². The molecule has 10 rings (SSSR count). The fourth-order valence-electron chi connectivity index (χ4n) is 8.20. The van der Waals surface area contributed by atoms with Gasteiger partial charge in [0.1, 0.15) is 0 Å². The molecule has 0 N–H and O–H groups in total. The summed E-state index contributed by atoms with van der Waals surface area (Å²) in [6.07, 6.45) is 3.82. The van der Waals surface area contributed by atoms with Gasteiger partial charge in [0.25, 0.3) is 0 Å². The summed E-state index contributed by atoms with van der Waals surface area (Å²) in [5.41, 5.74) is 15.4. The second-order valence-corrected chi connectivity index (χ2v) is 14.5. The third-order valence-electron chi connectivity index (χ3n) is 10.9. The first kappa shape index (κ1) is 31.6. The number of pyridine rings is 1. The van der Waals surface area contributed by atoms with Crippen LogP contribution in [0.5, 0.6) is 0 Å². The molecule has 5 heteroatoms. The lowest BCUT2D eigenvalue weighted by molar-refractivity contribution is 0.660. The van der Waals surface area contributed by atoms with Gasteiger partial charge in [-0.05, 0) is 88.0 Å². The second kappa shape index (κ2) is 12.2. The number of para-hydroxylation sites is 1. The van der Waals surface area contributed by atoms with E-state index in [2.05, 4.69) is 139 Å². The van der Waals surface area contributed by atoms with Crippen LogP contribution >= 0.6 is 0 Å². The van der Waals surface area contributed by atoms with Crippen molar-refractivity contribution in [1.29, 1.82) is 5.26 Å². The molecule has 0 radical (unpaired) electrons. The minimum absolute atomic E-state index is 0.268. The molecule has 0 bridgehead atoms. The standard InChI is InChI=1S/C49H33N5/c1-49(2)42-23-31(29-50)17-19-38(42)39-20-18-34(27-43(39)49)35-24-36(26-37(25-35)54-46-16-10-9-15-40(46)41-30-51-22-21-47(41)54)45-28-44(32-11-5-3-6-12-32)52-48(53-45)33-13-7-4-8-14-33/h3-28,30H,1-2H3. The minimum Gasteiger partial charge on any atom is -0.309 e. The van der Waals surface area contributed by atoms with Crippen molar-refractivity contribution in [3.05, 3.63) is 181 Å². The van der Waals surface area contributed by atoms with Gasteiger partial charge in [0.15, 0.2) is 5.82 Å². The number of rotatable bonds is 5. The number of benzene rings is 6. The lowest BCUT2D eigenvalue weighted by Gasteiger charge is -2.22. The van der Waals surface area contributed by atoms with Crippen molar-refractivity contribution in [2.75, 3.05) is 0 Å². The molecule has 0 saturated heterocycles. The summed E-state index contributed by atoms with van der Waals surface area (Å²) in [6.45, 7) is 4.52. The molecule has 0 aliphatic heterocycles. The van der Waals surface area contributed by atoms with E-state index in [4.69, 9.17) is 9.97 Å². The molecular weight excluding hydrogens is 659 g/mol. The first-order chi connectivity index (χ1) is 26.5. The fraction of sp³-hybridized carbons (Fsp3) is 0.0612. The van der Waals surface area contributed by atoms with Crippen molar-refractivity contribution in [3.8, 4) is 67.9 Å². The van der Waals surface area contributed by atoms with Crippen molar-refractivity contribution in [3.63, 3.8) is 0 Å². The zero-order valence-electron chi connectivity index (χ0n) is 29.8. The van der Waals surface area contributed by atoms with Gasteiger partial charge >= 0.3 is 0 Å². The summed E-state index contributed by atoms with van der Waals surface area (Å²) >= 11 is 0. The average molecular weight is 692 g/mol. The maximum Gasteiger partial charge on any atom is 0.160 e. The van der Waals surface area contributed by atoms with Gasteiger partial charge < -0.3 is 4.57 Å². The Morgan fingerprint density at radius 2 is 1.19 bits per heavy atom. The first-order valence-corrected chi connectivity index (χ1v) is 18.2. The summed E-state index contributed by atoms with van der Waals surface area (Å²) in [5.74, 6) is 0.677. The summed E-state index contributed by atoms with van der Waals surface area (Å²) in [6, 6.07) is 55.2. The number of hydrogen-bond acceptors (Lipinski definition) is 4. The number of aromatic nitrogens is 4. The topological polar surface area (TPSA) is 67.4 Å². The third-order valence-corrected chi connectivity index (χ3v) is 10.9. The van der Waals surface area contributed by atoms with Crippen molar-refractivity contribution < 1.29 is 0 Å². The van der Waals surface area contributed by atoms with Gasteiger partial charge in [-0.25, -0.2) is 9.97 Å². The van der Waals surface area contributed by atoms with Crippen LogP contribution in [-0.2, 0) is 5.41 Å². The lowest BCUT2D eigenvalue weighted by atomic mass is 9.81. The molecule has 3 heterocycles. The monoisotopic (exact) mass is 691 g/mol. The van der Waals surface area contributed by atoms with Crippen LogP contribution < -0.4 is 0 Å². The Balaban J connectivity index is 1.23. The van der Waals surface area contributed by atoms with Crippen LogP contribution in [0.25, 0.3) is 83.6 Å². The average Bonchev–Trinajstić information content (AvgIpc) is 3.69. The molecule has 0 spiro atoms. The van der Waals surface area contributed by atoms with Crippen LogP contribution in [0, 0.1) is 11.3 Å². The highest BCUT2D eigenvalue weighted by atomic mass is 15.0. The molecule has 9 aromatic rings. The molecule has 254 valence electrons. The maximum atomic E-state index is 9.70. The van der Waals surface area contributed by atoms with E-state index in [9.17, 15) is 5.26 Å². The highest BCUT2D eigenvalue weighted by Gasteiger charge is 2.36. The highest BCUT2D eigenvalue weighted by molar-refractivity contribution is 6.09. The van der Waals surface area contributed by atoms with E-state index in [0.717, 1.165) is 66.7 Å². The van der Waals surface area contributed by atoms with Gasteiger partial charge in [-0.1, -0.05) is 111 Å². The molecule has 0 unspecified atom stereocenters. The van der Waals surface area contributed by atoms with Gasteiger partial charge in [-0.3, -0.25) is 4.98 Å². The Hall–Kier alpha value is -7.16. The summed E-state index contributed by atoms with van der Waals surface area (Å²) in [5, 5.41) is 12.0. The SMILES string of the molecule is CC1(C)c2cc(C#N)ccc2-c2ccc(-c3cc(-c4cc(-c5ccccc5)nc(-c5ccccc5)n4)cc(-n4c5ccccc5c5cnccc54)c3)cc21. The summed E-state index contributed by atoms with van der Waals surface area (Å²) in [7, 11) is 0. The molecule has 0 saturated carbocycles.